The lowest BCUT2D eigenvalue weighted by atomic mass is 10.1. The predicted molar refractivity (Wildman–Crippen MR) is 88.5 cm³/mol. The number of hydrogen-bond acceptors (Lipinski definition) is 3. The van der Waals surface area contributed by atoms with Crippen molar-refractivity contribution in [1.82, 2.24) is 4.90 Å². The van der Waals surface area contributed by atoms with Crippen molar-refractivity contribution in [2.75, 3.05) is 19.7 Å². The molecule has 0 bridgehead atoms. The van der Waals surface area contributed by atoms with E-state index in [-0.39, 0.29) is 11.9 Å². The molecule has 5 heteroatoms. The Bertz CT molecular complexity index is 646. The van der Waals surface area contributed by atoms with Gasteiger partial charge >= 0.3 is 0 Å². The number of phenolic OH excluding ortho intramolecular Hbond substituents is 1. The van der Waals surface area contributed by atoms with Crippen molar-refractivity contribution in [3.8, 4) is 5.75 Å². The van der Waals surface area contributed by atoms with E-state index in [4.69, 9.17) is 27.9 Å². The maximum absolute atomic E-state index is 9.43. The normalized spacial score (nSPS) is 19.3. The molecule has 0 aromatic heterocycles. The smallest absolute Gasteiger partial charge is 0.117 e. The Balaban J connectivity index is 1.69. The zero-order valence-corrected chi connectivity index (χ0v) is 13.5. The van der Waals surface area contributed by atoms with Crippen LogP contribution < -0.4 is 0 Å². The zero-order chi connectivity index (χ0) is 15.5. The molecular formula is C17H17Cl2NO2. The van der Waals surface area contributed by atoms with E-state index >= 15 is 0 Å². The van der Waals surface area contributed by atoms with Crippen LogP contribution >= 0.6 is 23.2 Å². The fourth-order valence-corrected chi connectivity index (χ4v) is 2.99. The maximum Gasteiger partial charge on any atom is 0.117 e. The highest BCUT2D eigenvalue weighted by atomic mass is 35.5. The van der Waals surface area contributed by atoms with E-state index in [1.54, 1.807) is 12.1 Å². The first-order valence-corrected chi connectivity index (χ1v) is 7.94. The van der Waals surface area contributed by atoms with Crippen LogP contribution in [0, 0.1) is 0 Å². The molecule has 1 saturated heterocycles. The van der Waals surface area contributed by atoms with Crippen LogP contribution in [0.15, 0.2) is 42.5 Å². The summed E-state index contributed by atoms with van der Waals surface area (Å²) in [6.45, 7) is 3.09. The molecular weight excluding hydrogens is 321 g/mol. The number of nitrogens with zero attached hydrogens (tertiary/aromatic N) is 1. The van der Waals surface area contributed by atoms with Crippen molar-refractivity contribution in [2.45, 2.75) is 12.6 Å². The molecule has 1 atom stereocenters. The standard InChI is InChI=1S/C17H17Cl2NO2/c18-14-4-1-12(2-5-14)17-11-20(7-8-22-17)10-13-3-6-15(21)9-16(13)19/h1-6,9,17,21H,7-8,10-11H2/t17-/m1/s1. The first-order valence-electron chi connectivity index (χ1n) is 7.18. The molecule has 1 N–H and O–H groups in total. The number of halogens is 2. The predicted octanol–water partition coefficient (Wildman–Crippen LogP) is 4.27. The third-order valence-electron chi connectivity index (χ3n) is 3.82. The van der Waals surface area contributed by atoms with Crippen LogP contribution in [0.5, 0.6) is 5.75 Å². The summed E-state index contributed by atoms with van der Waals surface area (Å²) in [5.74, 6) is 0.190. The highest BCUT2D eigenvalue weighted by Crippen LogP contribution is 2.27. The number of rotatable bonds is 3. The fourth-order valence-electron chi connectivity index (χ4n) is 2.63. The van der Waals surface area contributed by atoms with Gasteiger partial charge < -0.3 is 9.84 Å². The molecule has 2 aromatic carbocycles. The lowest BCUT2D eigenvalue weighted by Crippen LogP contribution is -2.37. The Morgan fingerprint density at radius 1 is 1.14 bits per heavy atom. The third kappa shape index (κ3) is 3.73. The number of phenols is 1. The number of benzene rings is 2. The minimum absolute atomic E-state index is 0.0434. The summed E-state index contributed by atoms with van der Waals surface area (Å²) in [6, 6.07) is 12.9. The summed E-state index contributed by atoms with van der Waals surface area (Å²) in [5.41, 5.74) is 2.14. The van der Waals surface area contributed by atoms with Crippen LogP contribution in [0.2, 0.25) is 10.0 Å². The second-order valence-corrected chi connectivity index (χ2v) is 6.27. The molecule has 0 unspecified atom stereocenters. The van der Waals surface area contributed by atoms with Crippen LogP contribution in [-0.4, -0.2) is 29.7 Å². The Labute approximate surface area is 140 Å². The molecule has 0 saturated carbocycles. The average Bonchev–Trinajstić information content (AvgIpc) is 2.51. The van der Waals surface area contributed by atoms with Gasteiger partial charge in [0, 0.05) is 29.7 Å². The maximum atomic E-state index is 9.43. The second kappa shape index (κ2) is 6.88. The highest BCUT2D eigenvalue weighted by Gasteiger charge is 2.22. The Kier molecular flexibility index (Phi) is 4.89. The molecule has 0 radical (unpaired) electrons. The van der Waals surface area contributed by atoms with Gasteiger partial charge in [-0.15, -0.1) is 0 Å². The van der Waals surface area contributed by atoms with E-state index in [0.717, 1.165) is 35.8 Å². The monoisotopic (exact) mass is 337 g/mol. The number of ether oxygens (including phenoxy) is 1. The lowest BCUT2D eigenvalue weighted by Gasteiger charge is -2.33. The summed E-state index contributed by atoms with van der Waals surface area (Å²) < 4.78 is 5.86. The molecule has 3 rings (SSSR count). The molecule has 1 aliphatic rings. The van der Waals surface area contributed by atoms with Crippen LogP contribution in [0.25, 0.3) is 0 Å². The topological polar surface area (TPSA) is 32.7 Å². The zero-order valence-electron chi connectivity index (χ0n) is 12.0. The van der Waals surface area contributed by atoms with Crippen molar-refractivity contribution < 1.29 is 9.84 Å². The number of aromatic hydroxyl groups is 1. The van der Waals surface area contributed by atoms with Gasteiger partial charge in [-0.2, -0.15) is 0 Å². The van der Waals surface area contributed by atoms with Crippen molar-refractivity contribution in [3.05, 3.63) is 63.6 Å². The first-order chi connectivity index (χ1) is 10.6. The van der Waals surface area contributed by atoms with Gasteiger partial charge in [-0.05, 0) is 35.4 Å². The van der Waals surface area contributed by atoms with Gasteiger partial charge in [0.05, 0.1) is 12.7 Å². The van der Waals surface area contributed by atoms with Gasteiger partial charge in [0.15, 0.2) is 0 Å². The molecule has 116 valence electrons. The van der Waals surface area contributed by atoms with E-state index in [0.29, 0.717) is 11.6 Å². The summed E-state index contributed by atoms with van der Waals surface area (Å²) in [7, 11) is 0. The molecule has 0 spiro atoms. The first kappa shape index (κ1) is 15.6. The van der Waals surface area contributed by atoms with E-state index < -0.39 is 0 Å². The summed E-state index contributed by atoms with van der Waals surface area (Å²) in [6.07, 6.45) is 0.0434. The molecule has 1 fully saturated rings. The minimum atomic E-state index is 0.0434. The van der Waals surface area contributed by atoms with Gasteiger partial charge in [0.1, 0.15) is 5.75 Å². The second-order valence-electron chi connectivity index (χ2n) is 5.42. The number of hydrogen-bond donors (Lipinski definition) is 1. The van der Waals surface area contributed by atoms with E-state index in [1.807, 2.05) is 30.3 Å². The van der Waals surface area contributed by atoms with Crippen LogP contribution in [0.4, 0.5) is 0 Å². The Morgan fingerprint density at radius 2 is 1.91 bits per heavy atom. The van der Waals surface area contributed by atoms with E-state index in [2.05, 4.69) is 4.90 Å². The van der Waals surface area contributed by atoms with Crippen molar-refractivity contribution in [2.24, 2.45) is 0 Å². The van der Waals surface area contributed by atoms with Crippen molar-refractivity contribution in [3.63, 3.8) is 0 Å². The van der Waals surface area contributed by atoms with Gasteiger partial charge in [0.2, 0.25) is 0 Å². The molecule has 0 aliphatic carbocycles. The van der Waals surface area contributed by atoms with Crippen molar-refractivity contribution >= 4 is 23.2 Å². The van der Waals surface area contributed by atoms with Gasteiger partial charge in [-0.1, -0.05) is 41.4 Å². The molecule has 3 nitrogen and oxygen atoms in total. The van der Waals surface area contributed by atoms with Crippen LogP contribution in [-0.2, 0) is 11.3 Å². The lowest BCUT2D eigenvalue weighted by molar-refractivity contribution is -0.0329. The SMILES string of the molecule is Oc1ccc(CN2CCO[C@@H](c3ccc(Cl)cc3)C2)c(Cl)c1. The molecule has 22 heavy (non-hydrogen) atoms. The molecule has 1 heterocycles. The van der Waals surface area contributed by atoms with Crippen LogP contribution in [0.1, 0.15) is 17.2 Å². The fraction of sp³-hybridized carbons (Fsp3) is 0.294. The van der Waals surface area contributed by atoms with E-state index in [9.17, 15) is 5.11 Å². The summed E-state index contributed by atoms with van der Waals surface area (Å²) in [5, 5.41) is 10.7. The largest absolute Gasteiger partial charge is 0.508 e. The van der Waals surface area contributed by atoms with E-state index in [1.165, 1.54) is 0 Å². The van der Waals surface area contributed by atoms with Crippen molar-refractivity contribution in [1.29, 1.82) is 0 Å². The van der Waals surface area contributed by atoms with Crippen LogP contribution in [0.3, 0.4) is 0 Å². The Morgan fingerprint density at radius 3 is 2.64 bits per heavy atom. The molecule has 2 aromatic rings. The summed E-state index contributed by atoms with van der Waals surface area (Å²) in [4.78, 5) is 2.31. The third-order valence-corrected chi connectivity index (χ3v) is 4.43. The highest BCUT2D eigenvalue weighted by molar-refractivity contribution is 6.31. The van der Waals surface area contributed by atoms with Gasteiger partial charge in [-0.25, -0.2) is 0 Å². The quantitative estimate of drug-likeness (QED) is 0.907. The number of morpholine rings is 1. The summed E-state index contributed by atoms with van der Waals surface area (Å²) >= 11 is 12.1. The minimum Gasteiger partial charge on any atom is -0.508 e. The average molecular weight is 338 g/mol. The molecule has 0 amide bonds. The Hall–Kier alpha value is -1.26. The molecule has 1 aliphatic heterocycles. The van der Waals surface area contributed by atoms with Gasteiger partial charge in [-0.3, -0.25) is 4.90 Å². The van der Waals surface area contributed by atoms with Gasteiger partial charge in [0.25, 0.3) is 0 Å².